The highest BCUT2D eigenvalue weighted by molar-refractivity contribution is 5.84. The summed E-state index contributed by atoms with van der Waals surface area (Å²) >= 11 is 0. The van der Waals surface area contributed by atoms with Gasteiger partial charge in [0, 0.05) is 19.3 Å². The number of carbonyl (C=O) groups is 3. The first-order chi connectivity index (χ1) is 21.1. The number of aliphatic hydroxyl groups is 2. The summed E-state index contributed by atoms with van der Waals surface area (Å²) in [4.78, 5) is 51.9. The second-order valence-electron chi connectivity index (χ2n) is 11.7. The molecule has 1 saturated carbocycles. The maximum atomic E-state index is 12.4. The molecule has 0 aromatic heterocycles. The van der Waals surface area contributed by atoms with E-state index >= 15 is 0 Å². The van der Waals surface area contributed by atoms with E-state index < -0.39 is 29.3 Å². The van der Waals surface area contributed by atoms with Crippen LogP contribution in [0.4, 0.5) is 0 Å². The van der Waals surface area contributed by atoms with Gasteiger partial charge in [0.25, 0.3) is 5.09 Å². The Morgan fingerprint density at radius 2 is 1.66 bits per heavy atom. The number of unbranched alkanes of at least 4 members (excludes halogenated alkanes) is 5. The molecule has 1 aliphatic carbocycles. The molecule has 1 aliphatic rings. The summed E-state index contributed by atoms with van der Waals surface area (Å²) in [5, 5.41) is 33.2. The molecule has 0 aliphatic heterocycles. The van der Waals surface area contributed by atoms with Crippen LogP contribution in [0.5, 0.6) is 0 Å². The molecule has 44 heavy (non-hydrogen) atoms. The Morgan fingerprint density at radius 1 is 0.977 bits per heavy atom. The Kier molecular flexibility index (Phi) is 17.3. The lowest BCUT2D eigenvalue weighted by Gasteiger charge is -2.22. The normalized spacial score (nSPS) is 20.4. The van der Waals surface area contributed by atoms with E-state index in [9.17, 15) is 34.7 Å². The zero-order valence-corrected chi connectivity index (χ0v) is 26.2. The highest BCUT2D eigenvalue weighted by Crippen LogP contribution is 2.38. The zero-order valence-electron chi connectivity index (χ0n) is 26.2. The van der Waals surface area contributed by atoms with E-state index in [0.29, 0.717) is 56.1 Å². The number of esters is 1. The fraction of sp³-hybridized carbons (Fsp3) is 0.667. The smallest absolute Gasteiger partial charge is 0.328 e. The Balaban J connectivity index is 1.66. The predicted octanol–water partition coefficient (Wildman–Crippen LogP) is 5.13. The number of aliphatic hydroxyl groups excluding tert-OH is 2. The van der Waals surface area contributed by atoms with Crippen LogP contribution in [0, 0.1) is 22.0 Å². The van der Waals surface area contributed by atoms with Crippen LogP contribution in [0.15, 0.2) is 36.4 Å². The van der Waals surface area contributed by atoms with Crippen molar-refractivity contribution in [1.29, 1.82) is 0 Å². The standard InChI is InChI=1S/C33H50N2O9/c1-3-4-5-6-9-16-27(36)19-20-29-28(30(37)21-31(29)38)17-10-7-8-11-18-32(39)34-24(2)33(40)43-22-25-14-12-13-15-26(25)23-44-35(41)42/h7,10,12-15,24,28-31,37-38H,3-6,8-9,11,16-23H2,1-2H3,(H,34,39)/b10-7-/t24?,28-,29-,30+,31-/m1/s1. The van der Waals surface area contributed by atoms with Crippen LogP contribution in [0.3, 0.4) is 0 Å². The molecule has 3 N–H and O–H groups in total. The number of carbonyl (C=O) groups excluding carboxylic acids is 3. The molecule has 1 amide bonds. The van der Waals surface area contributed by atoms with Gasteiger partial charge >= 0.3 is 5.97 Å². The summed E-state index contributed by atoms with van der Waals surface area (Å²) in [6.07, 6.45) is 12.2. The number of allylic oxidation sites excluding steroid dienone is 2. The van der Waals surface area contributed by atoms with Crippen molar-refractivity contribution in [3.05, 3.63) is 57.7 Å². The Bertz CT molecular complexity index is 1080. The fourth-order valence-corrected chi connectivity index (χ4v) is 5.64. The monoisotopic (exact) mass is 618 g/mol. The number of rotatable bonds is 22. The van der Waals surface area contributed by atoms with Crippen molar-refractivity contribution in [2.75, 3.05) is 0 Å². The topological polar surface area (TPSA) is 165 Å². The molecular weight excluding hydrogens is 568 g/mol. The molecule has 11 nitrogen and oxygen atoms in total. The summed E-state index contributed by atoms with van der Waals surface area (Å²) in [7, 11) is 0. The van der Waals surface area contributed by atoms with Gasteiger partial charge in [-0.25, -0.2) is 4.79 Å². The van der Waals surface area contributed by atoms with Crippen molar-refractivity contribution in [2.24, 2.45) is 11.8 Å². The molecule has 0 radical (unpaired) electrons. The van der Waals surface area contributed by atoms with Crippen molar-refractivity contribution >= 4 is 17.7 Å². The highest BCUT2D eigenvalue weighted by Gasteiger charge is 2.40. The van der Waals surface area contributed by atoms with Gasteiger partial charge in [-0.2, -0.15) is 0 Å². The second-order valence-corrected chi connectivity index (χ2v) is 11.7. The molecule has 1 aromatic rings. The average Bonchev–Trinajstić information content (AvgIpc) is 3.26. The van der Waals surface area contributed by atoms with Crippen LogP contribution >= 0.6 is 0 Å². The lowest BCUT2D eigenvalue weighted by Crippen LogP contribution is -2.39. The first-order valence-electron chi connectivity index (χ1n) is 15.9. The second kappa shape index (κ2) is 20.6. The molecule has 1 fully saturated rings. The number of amides is 1. The summed E-state index contributed by atoms with van der Waals surface area (Å²) in [6.45, 7) is 3.33. The molecule has 11 heteroatoms. The lowest BCUT2D eigenvalue weighted by atomic mass is 9.86. The van der Waals surface area contributed by atoms with Crippen molar-refractivity contribution < 1.29 is 39.3 Å². The van der Waals surface area contributed by atoms with Gasteiger partial charge in [0.1, 0.15) is 25.0 Å². The van der Waals surface area contributed by atoms with E-state index in [4.69, 9.17) is 4.74 Å². The minimum absolute atomic E-state index is 0.0960. The van der Waals surface area contributed by atoms with Crippen LogP contribution < -0.4 is 5.32 Å². The van der Waals surface area contributed by atoms with Crippen molar-refractivity contribution in [2.45, 2.75) is 129 Å². The molecule has 246 valence electrons. The largest absolute Gasteiger partial charge is 0.459 e. The van der Waals surface area contributed by atoms with Gasteiger partial charge < -0.3 is 25.1 Å². The molecule has 2 rings (SSSR count). The van der Waals surface area contributed by atoms with Gasteiger partial charge in [-0.1, -0.05) is 69.0 Å². The predicted molar refractivity (Wildman–Crippen MR) is 164 cm³/mol. The molecule has 0 heterocycles. The Hall–Kier alpha value is -3.31. The number of hydrogen-bond acceptors (Lipinski definition) is 9. The van der Waals surface area contributed by atoms with E-state index in [1.165, 1.54) is 19.8 Å². The van der Waals surface area contributed by atoms with Crippen molar-refractivity contribution in [3.63, 3.8) is 0 Å². The Morgan fingerprint density at radius 3 is 2.36 bits per heavy atom. The number of Topliss-reactive ketones (excluding diaryl/α,β-unsaturated/α-hetero) is 1. The molecule has 0 saturated heterocycles. The number of benzene rings is 1. The first-order valence-corrected chi connectivity index (χ1v) is 15.9. The van der Waals surface area contributed by atoms with Crippen LogP contribution in [0.25, 0.3) is 0 Å². The third kappa shape index (κ3) is 14.0. The van der Waals surface area contributed by atoms with E-state index in [2.05, 4.69) is 17.1 Å². The minimum atomic E-state index is -0.889. The van der Waals surface area contributed by atoms with E-state index in [1.807, 2.05) is 12.2 Å². The number of nitrogens with zero attached hydrogens (tertiary/aromatic N) is 1. The molecule has 0 bridgehead atoms. The maximum Gasteiger partial charge on any atom is 0.328 e. The SMILES string of the molecule is CCCCCCCC(=O)CC[C@@H]1[C@@H](C/C=C\CCCC(=O)NC(C)C(=O)OCc2ccccc2CO[N+](=O)[O-])[C@@H](O)C[C@H]1O. The molecule has 1 aromatic carbocycles. The molecule has 1 unspecified atom stereocenters. The number of ether oxygens (including phenoxy) is 1. The van der Waals surface area contributed by atoms with E-state index in [0.717, 1.165) is 19.3 Å². The third-order valence-corrected chi connectivity index (χ3v) is 8.23. The van der Waals surface area contributed by atoms with Crippen LogP contribution in [-0.4, -0.2) is 51.2 Å². The summed E-state index contributed by atoms with van der Waals surface area (Å²) in [6, 6.07) is 5.88. The maximum absolute atomic E-state index is 12.4. The van der Waals surface area contributed by atoms with Gasteiger partial charge in [-0.3, -0.25) is 9.59 Å². The number of hydrogen-bond donors (Lipinski definition) is 3. The highest BCUT2D eigenvalue weighted by atomic mass is 16.9. The average molecular weight is 619 g/mol. The van der Waals surface area contributed by atoms with E-state index in [-0.39, 0.29) is 43.2 Å². The molecular formula is C33H50N2O9. The van der Waals surface area contributed by atoms with Crippen LogP contribution in [0.1, 0.15) is 108 Å². The van der Waals surface area contributed by atoms with Gasteiger partial charge in [0.15, 0.2) is 0 Å². The fourth-order valence-electron chi connectivity index (χ4n) is 5.64. The minimum Gasteiger partial charge on any atom is -0.459 e. The zero-order chi connectivity index (χ0) is 32.3. The van der Waals surface area contributed by atoms with Gasteiger partial charge in [-0.05, 0) is 68.4 Å². The number of nitrogens with one attached hydrogen (secondary N) is 1. The summed E-state index contributed by atoms with van der Waals surface area (Å²) in [5.41, 5.74) is 1.09. The number of ketones is 1. The Labute approximate surface area is 260 Å². The van der Waals surface area contributed by atoms with Crippen LogP contribution in [-0.2, 0) is 37.2 Å². The first kappa shape index (κ1) is 36.9. The van der Waals surface area contributed by atoms with Gasteiger partial charge in [-0.15, -0.1) is 10.1 Å². The van der Waals surface area contributed by atoms with Crippen molar-refractivity contribution in [3.8, 4) is 0 Å². The quantitative estimate of drug-likeness (QED) is 0.0525. The summed E-state index contributed by atoms with van der Waals surface area (Å²) in [5.74, 6) is -0.874. The molecule has 0 spiro atoms. The van der Waals surface area contributed by atoms with Gasteiger partial charge in [0.05, 0.1) is 12.2 Å². The molecule has 5 atom stereocenters. The van der Waals surface area contributed by atoms with E-state index in [1.54, 1.807) is 24.3 Å². The van der Waals surface area contributed by atoms with Gasteiger partial charge in [0.2, 0.25) is 5.91 Å². The third-order valence-electron chi connectivity index (χ3n) is 8.23. The van der Waals surface area contributed by atoms with Crippen molar-refractivity contribution in [1.82, 2.24) is 5.32 Å². The summed E-state index contributed by atoms with van der Waals surface area (Å²) < 4.78 is 5.28. The lowest BCUT2D eigenvalue weighted by molar-refractivity contribution is -0.763. The van der Waals surface area contributed by atoms with Crippen LogP contribution in [0.2, 0.25) is 0 Å².